The fourth-order valence-electron chi connectivity index (χ4n) is 4.11. The van der Waals surface area contributed by atoms with Crippen LogP contribution in [0.2, 0.25) is 0 Å². The summed E-state index contributed by atoms with van der Waals surface area (Å²) >= 11 is 0. The number of carbonyl (C=O) groups is 1. The van der Waals surface area contributed by atoms with E-state index in [0.29, 0.717) is 36.6 Å². The van der Waals surface area contributed by atoms with Crippen LogP contribution < -0.4 is 15.4 Å². The van der Waals surface area contributed by atoms with Crippen molar-refractivity contribution in [2.24, 2.45) is 5.73 Å². The summed E-state index contributed by atoms with van der Waals surface area (Å²) in [6.07, 6.45) is 4.01. The van der Waals surface area contributed by atoms with Crippen LogP contribution in [0.15, 0.2) is 36.7 Å². The van der Waals surface area contributed by atoms with Crippen LogP contribution in [0.25, 0.3) is 22.3 Å². The maximum Gasteiger partial charge on any atom is 0.314 e. The summed E-state index contributed by atoms with van der Waals surface area (Å²) in [4.78, 5) is 28.9. The largest absolute Gasteiger partial charge is 0.473 e. The lowest BCUT2D eigenvalue weighted by Gasteiger charge is -2.31. The SMILES string of the molecule is CN1CCc2cc(-c3cc4nccnc4c(OC[C@@H]4CN(C(N)=O)CCO4)n3)ccc21. The highest BCUT2D eigenvalue weighted by Gasteiger charge is 2.24. The Bertz CT molecular complexity index is 1140. The molecule has 0 saturated carbocycles. The molecule has 0 bridgehead atoms. The zero-order valence-corrected chi connectivity index (χ0v) is 17.3. The van der Waals surface area contributed by atoms with Gasteiger partial charge in [-0.15, -0.1) is 0 Å². The zero-order valence-electron chi connectivity index (χ0n) is 17.3. The summed E-state index contributed by atoms with van der Waals surface area (Å²) in [5, 5.41) is 0. The third-order valence-electron chi connectivity index (χ3n) is 5.78. The van der Waals surface area contributed by atoms with Gasteiger partial charge in [0.1, 0.15) is 12.7 Å². The number of rotatable bonds is 4. The molecule has 0 unspecified atom stereocenters. The molecular formula is C22H24N6O3. The fourth-order valence-corrected chi connectivity index (χ4v) is 4.11. The van der Waals surface area contributed by atoms with Crippen LogP contribution in [0, 0.1) is 0 Å². The number of fused-ring (bicyclic) bond motifs is 2. The normalized spacial score (nSPS) is 18.3. The van der Waals surface area contributed by atoms with Crippen molar-refractivity contribution in [2.75, 3.05) is 44.8 Å². The first-order valence-electron chi connectivity index (χ1n) is 10.3. The van der Waals surface area contributed by atoms with Crippen LogP contribution in [0.3, 0.4) is 0 Å². The van der Waals surface area contributed by atoms with E-state index in [2.05, 4.69) is 40.1 Å². The minimum Gasteiger partial charge on any atom is -0.473 e. The highest BCUT2D eigenvalue weighted by molar-refractivity contribution is 5.84. The smallest absolute Gasteiger partial charge is 0.314 e. The number of hydrogen-bond acceptors (Lipinski definition) is 7. The highest BCUT2D eigenvalue weighted by Crippen LogP contribution is 2.33. The number of aromatic nitrogens is 3. The van der Waals surface area contributed by atoms with E-state index in [0.717, 1.165) is 24.2 Å². The van der Waals surface area contributed by atoms with Gasteiger partial charge in [-0.3, -0.25) is 4.98 Å². The van der Waals surface area contributed by atoms with Gasteiger partial charge in [0, 0.05) is 43.8 Å². The number of primary amides is 1. The first kappa shape index (κ1) is 19.5. The van der Waals surface area contributed by atoms with Gasteiger partial charge in [0.2, 0.25) is 5.88 Å². The highest BCUT2D eigenvalue weighted by atomic mass is 16.5. The molecule has 2 N–H and O–H groups in total. The molecule has 2 aliphatic rings. The summed E-state index contributed by atoms with van der Waals surface area (Å²) in [5.74, 6) is 0.401. The van der Waals surface area contributed by atoms with E-state index in [1.165, 1.54) is 11.3 Å². The molecule has 2 aromatic heterocycles. The minimum atomic E-state index is -0.452. The molecule has 1 saturated heterocycles. The van der Waals surface area contributed by atoms with Crippen molar-refractivity contribution in [3.05, 3.63) is 42.2 Å². The van der Waals surface area contributed by atoms with Gasteiger partial charge in [-0.05, 0) is 30.2 Å². The van der Waals surface area contributed by atoms with E-state index in [4.69, 9.17) is 20.2 Å². The molecule has 1 aromatic carbocycles. The number of hydrogen-bond donors (Lipinski definition) is 1. The van der Waals surface area contributed by atoms with E-state index in [1.807, 2.05) is 6.07 Å². The first-order valence-corrected chi connectivity index (χ1v) is 10.3. The molecular weight excluding hydrogens is 396 g/mol. The van der Waals surface area contributed by atoms with Crippen molar-refractivity contribution in [1.82, 2.24) is 19.9 Å². The molecule has 9 nitrogen and oxygen atoms in total. The van der Waals surface area contributed by atoms with Crippen LogP contribution >= 0.6 is 0 Å². The number of pyridine rings is 1. The van der Waals surface area contributed by atoms with E-state index >= 15 is 0 Å². The van der Waals surface area contributed by atoms with E-state index in [1.54, 1.807) is 17.3 Å². The molecule has 2 aliphatic heterocycles. The number of nitrogens with two attached hydrogens (primary N) is 1. The average molecular weight is 420 g/mol. The Morgan fingerprint density at radius 3 is 3.00 bits per heavy atom. The van der Waals surface area contributed by atoms with Gasteiger partial charge in [-0.25, -0.2) is 14.8 Å². The molecule has 1 atom stereocenters. The second kappa shape index (κ2) is 7.99. The van der Waals surface area contributed by atoms with Gasteiger partial charge in [0.05, 0.1) is 24.4 Å². The molecule has 0 spiro atoms. The topological polar surface area (TPSA) is 107 Å². The Hall–Kier alpha value is -3.46. The average Bonchev–Trinajstić information content (AvgIpc) is 3.17. The number of ether oxygens (including phenoxy) is 2. The van der Waals surface area contributed by atoms with Gasteiger partial charge in [0.25, 0.3) is 0 Å². The monoisotopic (exact) mass is 420 g/mol. The van der Waals surface area contributed by atoms with Gasteiger partial charge in [0.15, 0.2) is 5.52 Å². The van der Waals surface area contributed by atoms with Gasteiger partial charge in [-0.2, -0.15) is 0 Å². The molecule has 31 heavy (non-hydrogen) atoms. The lowest BCUT2D eigenvalue weighted by Crippen LogP contribution is -2.49. The molecule has 4 heterocycles. The fraction of sp³-hybridized carbons (Fsp3) is 0.364. The maximum atomic E-state index is 11.5. The number of morpholine rings is 1. The van der Waals surface area contributed by atoms with E-state index in [9.17, 15) is 4.79 Å². The molecule has 1 fully saturated rings. The predicted molar refractivity (Wildman–Crippen MR) is 116 cm³/mol. The number of urea groups is 1. The Kier molecular flexibility index (Phi) is 5.03. The van der Waals surface area contributed by atoms with E-state index in [-0.39, 0.29) is 12.7 Å². The lowest BCUT2D eigenvalue weighted by atomic mass is 10.1. The van der Waals surface area contributed by atoms with Crippen molar-refractivity contribution in [2.45, 2.75) is 12.5 Å². The number of amides is 2. The van der Waals surface area contributed by atoms with Gasteiger partial charge >= 0.3 is 6.03 Å². The summed E-state index contributed by atoms with van der Waals surface area (Å²) in [5.41, 5.74) is 11.1. The molecule has 2 amide bonds. The van der Waals surface area contributed by atoms with Crippen LogP contribution in [0.1, 0.15) is 5.56 Å². The third-order valence-corrected chi connectivity index (χ3v) is 5.78. The molecule has 5 rings (SSSR count). The number of benzene rings is 1. The minimum absolute atomic E-state index is 0.237. The van der Waals surface area contributed by atoms with Gasteiger partial charge in [-0.1, -0.05) is 6.07 Å². The quantitative estimate of drug-likeness (QED) is 0.686. The Morgan fingerprint density at radius 1 is 1.26 bits per heavy atom. The van der Waals surface area contributed by atoms with Crippen molar-refractivity contribution < 1.29 is 14.3 Å². The molecule has 9 heteroatoms. The lowest BCUT2D eigenvalue weighted by molar-refractivity contribution is -0.0346. The second-order valence-corrected chi connectivity index (χ2v) is 7.84. The van der Waals surface area contributed by atoms with Crippen LogP contribution in [-0.2, 0) is 11.2 Å². The van der Waals surface area contributed by atoms with Crippen molar-refractivity contribution in [3.8, 4) is 17.1 Å². The van der Waals surface area contributed by atoms with Crippen molar-refractivity contribution >= 4 is 22.8 Å². The van der Waals surface area contributed by atoms with Crippen molar-refractivity contribution in [1.29, 1.82) is 0 Å². The summed E-state index contributed by atoms with van der Waals surface area (Å²) in [6.45, 7) is 2.56. The number of nitrogens with zero attached hydrogens (tertiary/aromatic N) is 5. The van der Waals surface area contributed by atoms with Crippen LogP contribution in [0.5, 0.6) is 5.88 Å². The summed E-state index contributed by atoms with van der Waals surface area (Å²) < 4.78 is 11.8. The zero-order chi connectivity index (χ0) is 21.4. The molecule has 0 radical (unpaired) electrons. The first-order chi connectivity index (χ1) is 15.1. The van der Waals surface area contributed by atoms with Crippen molar-refractivity contribution in [3.63, 3.8) is 0 Å². The number of carbonyl (C=O) groups excluding carboxylic acids is 1. The Morgan fingerprint density at radius 2 is 2.13 bits per heavy atom. The molecule has 3 aromatic rings. The van der Waals surface area contributed by atoms with E-state index < -0.39 is 6.03 Å². The summed E-state index contributed by atoms with van der Waals surface area (Å²) in [6, 6.07) is 7.87. The Labute approximate surface area is 179 Å². The van der Waals surface area contributed by atoms with Crippen LogP contribution in [0.4, 0.5) is 10.5 Å². The maximum absolute atomic E-state index is 11.5. The second-order valence-electron chi connectivity index (χ2n) is 7.84. The molecule has 160 valence electrons. The van der Waals surface area contributed by atoms with Gasteiger partial charge < -0.3 is 25.0 Å². The Balaban J connectivity index is 1.44. The predicted octanol–water partition coefficient (Wildman–Crippen LogP) is 1.84. The molecule has 0 aliphatic carbocycles. The third kappa shape index (κ3) is 3.84. The number of anilines is 1. The van der Waals surface area contributed by atoms with Crippen LogP contribution in [-0.4, -0.2) is 71.9 Å². The standard InChI is InChI=1S/C22H24N6O3/c1-27-7-4-15-10-14(2-3-19(15)27)17-11-18-20(25-6-5-24-18)21(26-17)31-13-16-12-28(22(23)29)8-9-30-16/h2-3,5-6,10-11,16H,4,7-9,12-13H2,1H3,(H2,23,29)/t16-/m0/s1. The summed E-state index contributed by atoms with van der Waals surface area (Å²) in [7, 11) is 2.11. The number of likely N-dealkylation sites (N-methyl/N-ethyl adjacent to an activating group) is 1.